The molecule has 0 N–H and O–H groups in total. The molecule has 7 heteroatoms. The molecule has 0 unspecified atom stereocenters. The van der Waals surface area contributed by atoms with E-state index in [4.69, 9.17) is 4.74 Å². The van der Waals surface area contributed by atoms with Gasteiger partial charge in [0, 0.05) is 7.05 Å². The third-order valence-corrected chi connectivity index (χ3v) is 4.56. The number of esters is 1. The highest BCUT2D eigenvalue weighted by atomic mass is 32.2. The molecule has 0 fully saturated rings. The molecule has 0 aromatic carbocycles. The van der Waals surface area contributed by atoms with Gasteiger partial charge in [0.15, 0.2) is 5.16 Å². The number of ether oxygens (including phenoxy) is 1. The number of thioether (sulfide) groups is 1. The van der Waals surface area contributed by atoms with Gasteiger partial charge in [-0.1, -0.05) is 11.8 Å². The van der Waals surface area contributed by atoms with Crippen LogP contribution in [0.3, 0.4) is 0 Å². The van der Waals surface area contributed by atoms with Gasteiger partial charge in [0.25, 0.3) is 5.56 Å². The van der Waals surface area contributed by atoms with Crippen LogP contribution in [-0.2, 0) is 16.6 Å². The summed E-state index contributed by atoms with van der Waals surface area (Å²) >= 11 is 2.61. The number of nitrogens with zero attached hydrogens (tertiary/aromatic N) is 2. The lowest BCUT2D eigenvalue weighted by atomic mass is 10.5. The molecular weight excluding hydrogens is 284 g/mol. The average molecular weight is 298 g/mol. The molecule has 19 heavy (non-hydrogen) atoms. The van der Waals surface area contributed by atoms with Crippen molar-refractivity contribution in [2.45, 2.75) is 24.3 Å². The maximum atomic E-state index is 12.1. The molecule has 2 aromatic rings. The molecule has 0 aliphatic rings. The Morgan fingerprint density at radius 3 is 3.05 bits per heavy atom. The zero-order valence-electron chi connectivity index (χ0n) is 10.9. The lowest BCUT2D eigenvalue weighted by Gasteiger charge is -2.11. The molecular formula is C12H14N2O3S2. The predicted octanol–water partition coefficient (Wildman–Crippen LogP) is 2.04. The Morgan fingerprint density at radius 1 is 1.63 bits per heavy atom. The van der Waals surface area contributed by atoms with Crippen molar-refractivity contribution in [1.29, 1.82) is 0 Å². The topological polar surface area (TPSA) is 61.2 Å². The van der Waals surface area contributed by atoms with Crippen LogP contribution in [0.15, 0.2) is 21.4 Å². The van der Waals surface area contributed by atoms with Crippen molar-refractivity contribution >= 4 is 39.3 Å². The molecule has 0 aliphatic carbocycles. The van der Waals surface area contributed by atoms with Gasteiger partial charge in [-0.2, -0.15) is 0 Å². The van der Waals surface area contributed by atoms with Crippen molar-refractivity contribution < 1.29 is 9.53 Å². The molecule has 2 rings (SSSR count). The third-order valence-electron chi connectivity index (χ3n) is 2.55. The van der Waals surface area contributed by atoms with Crippen LogP contribution in [0, 0.1) is 0 Å². The predicted molar refractivity (Wildman–Crippen MR) is 76.8 cm³/mol. The van der Waals surface area contributed by atoms with Gasteiger partial charge < -0.3 is 4.74 Å². The summed E-state index contributed by atoms with van der Waals surface area (Å²) in [5.41, 5.74) is 0.588. The zero-order chi connectivity index (χ0) is 14.0. The van der Waals surface area contributed by atoms with Gasteiger partial charge in [-0.15, -0.1) is 11.3 Å². The molecule has 0 saturated carbocycles. The Bertz CT molecular complexity index is 663. The normalized spacial score (nSPS) is 12.6. The average Bonchev–Trinajstić information content (AvgIpc) is 2.84. The van der Waals surface area contributed by atoms with E-state index in [1.807, 2.05) is 5.38 Å². The van der Waals surface area contributed by atoms with Gasteiger partial charge in [-0.25, -0.2) is 4.98 Å². The van der Waals surface area contributed by atoms with E-state index in [0.29, 0.717) is 22.0 Å². The lowest BCUT2D eigenvalue weighted by molar-refractivity contribution is -0.142. The first kappa shape index (κ1) is 14.1. The summed E-state index contributed by atoms with van der Waals surface area (Å²) < 4.78 is 7.05. The number of hydrogen-bond donors (Lipinski definition) is 0. The van der Waals surface area contributed by atoms with Crippen LogP contribution in [0.5, 0.6) is 0 Å². The van der Waals surface area contributed by atoms with Crippen LogP contribution in [0.2, 0.25) is 0 Å². The van der Waals surface area contributed by atoms with Crippen LogP contribution in [0.4, 0.5) is 0 Å². The summed E-state index contributed by atoms with van der Waals surface area (Å²) in [6.45, 7) is 3.85. The van der Waals surface area contributed by atoms with E-state index in [1.54, 1.807) is 27.0 Å². The highest BCUT2D eigenvalue weighted by Crippen LogP contribution is 2.24. The Morgan fingerprint density at radius 2 is 2.37 bits per heavy atom. The molecule has 2 heterocycles. The van der Waals surface area contributed by atoms with Crippen molar-refractivity contribution in [3.8, 4) is 0 Å². The minimum absolute atomic E-state index is 0.0847. The molecule has 5 nitrogen and oxygen atoms in total. The summed E-state index contributed by atoms with van der Waals surface area (Å²) in [5, 5.41) is 1.97. The van der Waals surface area contributed by atoms with E-state index in [1.165, 1.54) is 27.7 Å². The second kappa shape index (κ2) is 5.75. The highest BCUT2D eigenvalue weighted by Gasteiger charge is 2.19. The Labute approximate surface area is 118 Å². The first-order chi connectivity index (χ1) is 9.04. The Hall–Kier alpha value is -1.34. The van der Waals surface area contributed by atoms with E-state index in [9.17, 15) is 9.59 Å². The molecule has 2 aromatic heterocycles. The number of rotatable bonds is 4. The number of carbonyl (C=O) groups is 1. The number of thiophene rings is 1. The first-order valence-electron chi connectivity index (χ1n) is 5.82. The van der Waals surface area contributed by atoms with Crippen molar-refractivity contribution in [3.05, 3.63) is 21.8 Å². The largest absolute Gasteiger partial charge is 0.465 e. The van der Waals surface area contributed by atoms with Gasteiger partial charge in [0.2, 0.25) is 0 Å². The molecule has 102 valence electrons. The van der Waals surface area contributed by atoms with Crippen LogP contribution in [-0.4, -0.2) is 27.4 Å². The van der Waals surface area contributed by atoms with Crippen molar-refractivity contribution in [1.82, 2.24) is 9.55 Å². The second-order valence-electron chi connectivity index (χ2n) is 3.91. The van der Waals surface area contributed by atoms with Crippen LogP contribution < -0.4 is 5.56 Å². The fourth-order valence-electron chi connectivity index (χ4n) is 1.54. The smallest absolute Gasteiger partial charge is 0.319 e. The number of aromatic nitrogens is 2. The maximum Gasteiger partial charge on any atom is 0.319 e. The Kier molecular flexibility index (Phi) is 4.26. The second-order valence-corrected chi connectivity index (χ2v) is 6.13. The maximum absolute atomic E-state index is 12.1. The summed E-state index contributed by atoms with van der Waals surface area (Å²) in [6, 6.07) is 1.81. The molecule has 0 amide bonds. The first-order valence-corrected chi connectivity index (χ1v) is 7.58. The molecule has 0 bridgehead atoms. The monoisotopic (exact) mass is 298 g/mol. The van der Waals surface area contributed by atoms with E-state index < -0.39 is 5.25 Å². The van der Waals surface area contributed by atoms with Crippen molar-refractivity contribution in [2.24, 2.45) is 7.05 Å². The summed E-state index contributed by atoms with van der Waals surface area (Å²) in [6.07, 6.45) is 0. The van der Waals surface area contributed by atoms with Crippen LogP contribution in [0.1, 0.15) is 13.8 Å². The quantitative estimate of drug-likeness (QED) is 0.491. The lowest BCUT2D eigenvalue weighted by Crippen LogP contribution is -2.22. The van der Waals surface area contributed by atoms with E-state index >= 15 is 0 Å². The molecule has 1 atom stereocenters. The highest BCUT2D eigenvalue weighted by molar-refractivity contribution is 8.00. The van der Waals surface area contributed by atoms with E-state index in [0.717, 1.165) is 0 Å². The van der Waals surface area contributed by atoms with Gasteiger partial charge >= 0.3 is 5.97 Å². The Balaban J connectivity index is 2.32. The molecule has 0 saturated heterocycles. The summed E-state index contributed by atoms with van der Waals surface area (Å²) in [4.78, 5) is 28.1. The SMILES string of the molecule is CCOC(=O)[C@H](C)Sc1nc2ccsc2c(=O)n1C. The number of hydrogen-bond acceptors (Lipinski definition) is 6. The number of fused-ring (bicyclic) bond motifs is 1. The van der Waals surface area contributed by atoms with Crippen LogP contribution >= 0.6 is 23.1 Å². The van der Waals surface area contributed by atoms with E-state index in [2.05, 4.69) is 4.98 Å². The molecule has 0 spiro atoms. The zero-order valence-corrected chi connectivity index (χ0v) is 12.5. The standard InChI is InChI=1S/C12H14N2O3S2/c1-4-17-11(16)7(2)19-12-13-8-5-6-18-9(8)10(15)14(12)3/h5-7H,4H2,1-3H3/t7-/m0/s1. The minimum atomic E-state index is -0.394. The number of carbonyl (C=O) groups excluding carboxylic acids is 1. The minimum Gasteiger partial charge on any atom is -0.465 e. The fraction of sp³-hybridized carbons (Fsp3) is 0.417. The third kappa shape index (κ3) is 2.82. The van der Waals surface area contributed by atoms with Gasteiger partial charge in [-0.3, -0.25) is 14.2 Å². The summed E-state index contributed by atoms with van der Waals surface area (Å²) in [7, 11) is 1.66. The van der Waals surface area contributed by atoms with Crippen molar-refractivity contribution in [3.63, 3.8) is 0 Å². The van der Waals surface area contributed by atoms with Crippen molar-refractivity contribution in [2.75, 3.05) is 6.61 Å². The van der Waals surface area contributed by atoms with E-state index in [-0.39, 0.29) is 11.5 Å². The van der Waals surface area contributed by atoms with Gasteiger partial charge in [0.1, 0.15) is 9.95 Å². The molecule has 0 radical (unpaired) electrons. The van der Waals surface area contributed by atoms with Crippen LogP contribution in [0.25, 0.3) is 10.2 Å². The van der Waals surface area contributed by atoms with Gasteiger partial charge in [-0.05, 0) is 25.3 Å². The summed E-state index contributed by atoms with van der Waals surface area (Å²) in [5.74, 6) is -0.299. The fourth-order valence-corrected chi connectivity index (χ4v) is 3.22. The van der Waals surface area contributed by atoms with Gasteiger partial charge in [0.05, 0.1) is 12.1 Å². The molecule has 0 aliphatic heterocycles.